The average molecular weight is 487 g/mol. The molecule has 1 aliphatic rings. The van der Waals surface area contributed by atoms with Gasteiger partial charge in [-0.3, -0.25) is 4.79 Å². The zero-order valence-corrected chi connectivity index (χ0v) is 22.1. The first kappa shape index (κ1) is 28.1. The first-order chi connectivity index (χ1) is 15.8. The van der Waals surface area contributed by atoms with Crippen LogP contribution in [-0.2, 0) is 11.2 Å². The van der Waals surface area contributed by atoms with Gasteiger partial charge in [0.15, 0.2) is 0 Å². The van der Waals surface area contributed by atoms with Crippen LogP contribution in [0.25, 0.3) is 6.08 Å². The van der Waals surface area contributed by atoms with Crippen LogP contribution in [0.4, 0.5) is 10.1 Å². The normalized spacial score (nSPS) is 18.6. The number of carbonyl (C=O) groups is 1. The summed E-state index contributed by atoms with van der Waals surface area (Å²) in [5.41, 5.74) is 5.16. The molecule has 0 unspecified atom stereocenters. The maximum Gasteiger partial charge on any atom is 0.229 e. The number of amides is 1. The molecule has 3 nitrogen and oxygen atoms in total. The zero-order chi connectivity index (χ0) is 24.0. The van der Waals surface area contributed by atoms with Gasteiger partial charge in [-0.15, -0.1) is 12.4 Å². The molecule has 0 spiro atoms. The molecule has 1 fully saturated rings. The van der Waals surface area contributed by atoms with E-state index in [0.29, 0.717) is 13.0 Å². The van der Waals surface area contributed by atoms with Crippen molar-refractivity contribution in [3.63, 3.8) is 0 Å². The lowest BCUT2D eigenvalue weighted by Gasteiger charge is -2.38. The molecule has 1 saturated heterocycles. The standard InChI is InChI=1S/C29H39FN2O.ClH/c1-6-31(7-2)15-11-10-12-24-16-21(3)28(22(4)17-24)32-20-25(18-23(5)29(32)33)19-26-13-8-9-14-27(26)30;/h8-10,12-14,16-17,23,25H,6-7,11,15,18-20H2,1-5H3;1H/b12-10+;/t23-,25-;/m1./s1. The second kappa shape index (κ2) is 13.1. The number of halogens is 2. The molecule has 2 atom stereocenters. The van der Waals surface area contributed by atoms with E-state index in [2.05, 4.69) is 56.9 Å². The fourth-order valence-electron chi connectivity index (χ4n) is 5.14. The van der Waals surface area contributed by atoms with Gasteiger partial charge in [-0.2, -0.15) is 0 Å². The van der Waals surface area contributed by atoms with Crippen LogP contribution < -0.4 is 4.90 Å². The number of anilines is 1. The Labute approximate surface area is 211 Å². The largest absolute Gasteiger partial charge is 0.311 e. The number of hydrogen-bond acceptors (Lipinski definition) is 2. The van der Waals surface area contributed by atoms with Crippen molar-refractivity contribution in [1.29, 1.82) is 0 Å². The summed E-state index contributed by atoms with van der Waals surface area (Å²) in [6, 6.07) is 11.3. The molecule has 0 saturated carbocycles. The fraction of sp³-hybridized carbons (Fsp3) is 0.483. The Morgan fingerprint density at radius 2 is 1.76 bits per heavy atom. The van der Waals surface area contributed by atoms with Gasteiger partial charge in [-0.1, -0.05) is 51.1 Å². The Morgan fingerprint density at radius 3 is 2.38 bits per heavy atom. The molecular weight excluding hydrogens is 447 g/mol. The van der Waals surface area contributed by atoms with Gasteiger partial charge in [-0.25, -0.2) is 4.39 Å². The molecule has 0 bridgehead atoms. The molecule has 1 aliphatic heterocycles. The second-order valence-electron chi connectivity index (χ2n) is 9.47. The molecule has 0 N–H and O–H groups in total. The van der Waals surface area contributed by atoms with Crippen LogP contribution in [-0.4, -0.2) is 37.0 Å². The first-order valence-corrected chi connectivity index (χ1v) is 12.4. The van der Waals surface area contributed by atoms with Crippen LogP contribution in [0.3, 0.4) is 0 Å². The third kappa shape index (κ3) is 6.93. The third-order valence-electron chi connectivity index (χ3n) is 6.88. The van der Waals surface area contributed by atoms with E-state index in [-0.39, 0.29) is 36.0 Å². The van der Waals surface area contributed by atoms with E-state index in [1.165, 1.54) is 11.6 Å². The van der Waals surface area contributed by atoms with Crippen LogP contribution in [0.15, 0.2) is 42.5 Å². The zero-order valence-electron chi connectivity index (χ0n) is 21.3. The Bertz CT molecular complexity index is 963. The van der Waals surface area contributed by atoms with Crippen molar-refractivity contribution in [3.8, 4) is 0 Å². The molecule has 2 aromatic rings. The maximum atomic E-state index is 14.2. The highest BCUT2D eigenvalue weighted by Crippen LogP contribution is 2.34. The van der Waals surface area contributed by atoms with Crippen molar-refractivity contribution < 1.29 is 9.18 Å². The molecule has 0 radical (unpaired) electrons. The Kier molecular flexibility index (Phi) is 10.8. The first-order valence-electron chi connectivity index (χ1n) is 12.4. The van der Waals surface area contributed by atoms with E-state index in [0.717, 1.165) is 54.9 Å². The molecule has 186 valence electrons. The smallest absolute Gasteiger partial charge is 0.229 e. The van der Waals surface area contributed by atoms with Crippen LogP contribution in [0.2, 0.25) is 0 Å². The number of benzene rings is 2. The van der Waals surface area contributed by atoms with Gasteiger partial charge in [0.05, 0.1) is 0 Å². The topological polar surface area (TPSA) is 23.6 Å². The quantitative estimate of drug-likeness (QED) is 0.387. The Balaban J connectivity index is 0.00000408. The van der Waals surface area contributed by atoms with E-state index >= 15 is 0 Å². The van der Waals surface area contributed by atoms with E-state index in [9.17, 15) is 9.18 Å². The second-order valence-corrected chi connectivity index (χ2v) is 9.47. The number of piperidine rings is 1. The minimum absolute atomic E-state index is 0. The summed E-state index contributed by atoms with van der Waals surface area (Å²) in [6.45, 7) is 14.4. The Hall–Kier alpha value is -2.17. The summed E-state index contributed by atoms with van der Waals surface area (Å²) in [7, 11) is 0. The van der Waals surface area contributed by atoms with Crippen LogP contribution in [0.1, 0.15) is 55.9 Å². The van der Waals surface area contributed by atoms with Crippen molar-refractivity contribution in [2.45, 2.75) is 53.9 Å². The van der Waals surface area contributed by atoms with E-state index in [4.69, 9.17) is 0 Å². The SMILES string of the molecule is CCN(CC)CC/C=C/c1cc(C)c(N2C[C@@H](Cc3ccccc3F)C[C@@H](C)C2=O)c(C)c1.Cl. The fourth-order valence-corrected chi connectivity index (χ4v) is 5.14. The number of nitrogens with zero attached hydrogens (tertiary/aromatic N) is 2. The van der Waals surface area contributed by atoms with Gasteiger partial charge >= 0.3 is 0 Å². The van der Waals surface area contributed by atoms with Gasteiger partial charge < -0.3 is 9.80 Å². The molecule has 5 heteroatoms. The van der Waals surface area contributed by atoms with E-state index in [1.54, 1.807) is 6.07 Å². The predicted molar refractivity (Wildman–Crippen MR) is 144 cm³/mol. The highest BCUT2D eigenvalue weighted by Gasteiger charge is 2.34. The average Bonchev–Trinajstić information content (AvgIpc) is 2.78. The van der Waals surface area contributed by atoms with E-state index in [1.807, 2.05) is 24.0 Å². The highest BCUT2D eigenvalue weighted by atomic mass is 35.5. The number of hydrogen-bond donors (Lipinski definition) is 0. The summed E-state index contributed by atoms with van der Waals surface area (Å²) in [5.74, 6) is 0.202. The monoisotopic (exact) mass is 486 g/mol. The lowest BCUT2D eigenvalue weighted by Crippen LogP contribution is -2.46. The molecule has 0 aliphatic carbocycles. The number of aryl methyl sites for hydroxylation is 2. The molecule has 34 heavy (non-hydrogen) atoms. The predicted octanol–water partition coefficient (Wildman–Crippen LogP) is 6.84. The minimum atomic E-state index is -0.155. The third-order valence-corrected chi connectivity index (χ3v) is 6.88. The van der Waals surface area contributed by atoms with E-state index < -0.39 is 0 Å². The summed E-state index contributed by atoms with van der Waals surface area (Å²) in [5, 5.41) is 0. The maximum absolute atomic E-state index is 14.2. The van der Waals surface area contributed by atoms with Gasteiger partial charge in [0.25, 0.3) is 0 Å². The number of rotatable bonds is 9. The van der Waals surface area contributed by atoms with Crippen molar-refractivity contribution in [3.05, 3.63) is 70.5 Å². The highest BCUT2D eigenvalue weighted by molar-refractivity contribution is 5.97. The molecule has 1 heterocycles. The van der Waals surface area contributed by atoms with Crippen molar-refractivity contribution in [1.82, 2.24) is 4.90 Å². The van der Waals surface area contributed by atoms with Gasteiger partial charge in [-0.05, 0) is 92.6 Å². The molecule has 3 rings (SSSR count). The van der Waals surface area contributed by atoms with Crippen LogP contribution in [0, 0.1) is 31.5 Å². The van der Waals surface area contributed by atoms with Crippen LogP contribution >= 0.6 is 12.4 Å². The Morgan fingerprint density at radius 1 is 1.12 bits per heavy atom. The minimum Gasteiger partial charge on any atom is -0.311 e. The van der Waals surface area contributed by atoms with Gasteiger partial charge in [0.2, 0.25) is 5.91 Å². The lowest BCUT2D eigenvalue weighted by molar-refractivity contribution is -0.124. The summed E-state index contributed by atoms with van der Waals surface area (Å²) in [6.07, 6.45) is 6.92. The van der Waals surface area contributed by atoms with Gasteiger partial charge in [0, 0.05) is 24.7 Å². The van der Waals surface area contributed by atoms with Crippen molar-refractivity contribution in [2.75, 3.05) is 31.1 Å². The van der Waals surface area contributed by atoms with Crippen LogP contribution in [0.5, 0.6) is 0 Å². The number of carbonyl (C=O) groups excluding carboxylic acids is 1. The summed E-state index contributed by atoms with van der Waals surface area (Å²) < 4.78 is 14.2. The molecule has 0 aromatic heterocycles. The molecule has 2 aromatic carbocycles. The molecule has 1 amide bonds. The van der Waals surface area contributed by atoms with Crippen molar-refractivity contribution >= 4 is 30.1 Å². The van der Waals surface area contributed by atoms with Gasteiger partial charge in [0.1, 0.15) is 5.82 Å². The summed E-state index contributed by atoms with van der Waals surface area (Å²) >= 11 is 0. The summed E-state index contributed by atoms with van der Waals surface area (Å²) in [4.78, 5) is 17.5. The lowest BCUT2D eigenvalue weighted by atomic mass is 9.84. The van der Waals surface area contributed by atoms with Crippen molar-refractivity contribution in [2.24, 2.45) is 11.8 Å². The molecular formula is C29H40ClFN2O.